The van der Waals surface area contributed by atoms with Gasteiger partial charge in [0.15, 0.2) is 0 Å². The molecule has 0 spiro atoms. The fourth-order valence-electron chi connectivity index (χ4n) is 8.33. The zero-order chi connectivity index (χ0) is 56.4. The maximum absolute atomic E-state index is 13.3. The summed E-state index contributed by atoms with van der Waals surface area (Å²) in [6, 6.07) is 16.8. The summed E-state index contributed by atoms with van der Waals surface area (Å²) in [5.41, 5.74) is 2.93. The summed E-state index contributed by atoms with van der Waals surface area (Å²) in [6.07, 6.45) is 5.55. The lowest BCUT2D eigenvalue weighted by atomic mass is 9.82. The molecule has 78 heavy (non-hydrogen) atoms. The smallest absolute Gasteiger partial charge is 0.330 e. The number of ether oxygens (including phenoxy) is 10. The van der Waals surface area contributed by atoms with Crippen LogP contribution in [0.1, 0.15) is 99.3 Å². The van der Waals surface area contributed by atoms with Crippen molar-refractivity contribution in [3.05, 3.63) is 108 Å². The Bertz CT molecular complexity index is 2420. The molecular weight excluding hydrogens is 1020 g/mol. The van der Waals surface area contributed by atoms with Crippen molar-refractivity contribution in [2.45, 2.75) is 104 Å². The Morgan fingerprint density at radius 3 is 0.949 bits per heavy atom. The Kier molecular flexibility index (Phi) is 24.7. The lowest BCUT2D eigenvalue weighted by Crippen LogP contribution is -2.30. The van der Waals surface area contributed by atoms with E-state index in [2.05, 4.69) is 13.2 Å². The standard InChI is InChI=1S/C58H66O20/c1-5-49(59)71-33-35-73-53(63)27-25-51(61)69-31-29-39-7-19-45(20-8-39)75-55(65)41-11-15-43(16-12-41)57(67)77-47-23-24-48(38(4)37(47)3)78-58(68)44-17-13-42(14-18-44)56(66)76-46-21-9-40(10-22-46)30-32-70-52(62)26-28-54(64)74-36-34-72-50(60)6-2/h5-10,19-24,41-44H,1-2,11-18,25-36H2,3-4H3. The lowest BCUT2D eigenvalue weighted by molar-refractivity contribution is -0.152. The first-order chi connectivity index (χ1) is 37.5. The summed E-state index contributed by atoms with van der Waals surface area (Å²) in [5.74, 6) is -5.53. The first kappa shape index (κ1) is 60.7. The molecule has 0 unspecified atom stereocenters. The van der Waals surface area contributed by atoms with Crippen LogP contribution >= 0.6 is 0 Å². The van der Waals surface area contributed by atoms with E-state index in [1.165, 1.54) is 0 Å². The molecule has 2 aliphatic rings. The van der Waals surface area contributed by atoms with Crippen LogP contribution in [0.5, 0.6) is 23.0 Å². The van der Waals surface area contributed by atoms with Gasteiger partial charge in [-0.1, -0.05) is 37.4 Å². The zero-order valence-corrected chi connectivity index (χ0v) is 44.0. The van der Waals surface area contributed by atoms with Crippen LogP contribution in [0.15, 0.2) is 86.0 Å². The highest BCUT2D eigenvalue weighted by atomic mass is 16.6. The van der Waals surface area contributed by atoms with E-state index in [9.17, 15) is 47.9 Å². The normalized spacial score (nSPS) is 16.6. The van der Waals surface area contributed by atoms with Crippen LogP contribution in [0.25, 0.3) is 0 Å². The van der Waals surface area contributed by atoms with E-state index in [0.717, 1.165) is 23.3 Å². The summed E-state index contributed by atoms with van der Waals surface area (Å²) in [5, 5.41) is 0. The second kappa shape index (κ2) is 31.8. The van der Waals surface area contributed by atoms with Gasteiger partial charge < -0.3 is 47.4 Å². The molecule has 5 rings (SSSR count). The van der Waals surface area contributed by atoms with Crippen molar-refractivity contribution in [3.8, 4) is 23.0 Å². The summed E-state index contributed by atoms with van der Waals surface area (Å²) in [4.78, 5) is 122. The minimum Gasteiger partial charge on any atom is -0.465 e. The highest BCUT2D eigenvalue weighted by Crippen LogP contribution is 2.36. The SMILES string of the molecule is C=CC(=O)OCCOC(=O)CCC(=O)OCCc1ccc(OC(=O)C2CCC(C(=O)Oc3ccc(OC(=O)C4CCC(C(=O)Oc5ccc(CCOC(=O)CCC(=O)OCCOC(=O)C=C)cc5)CC4)c(C)c3C)CC2)cc1. The minimum atomic E-state index is -0.634. The van der Waals surface area contributed by atoms with Crippen molar-refractivity contribution in [1.29, 1.82) is 0 Å². The third-order valence-electron chi connectivity index (χ3n) is 13.1. The molecule has 0 heterocycles. The van der Waals surface area contributed by atoms with Crippen molar-refractivity contribution in [1.82, 2.24) is 0 Å². The van der Waals surface area contributed by atoms with Gasteiger partial charge in [0.2, 0.25) is 0 Å². The molecule has 20 heteroatoms. The second-order valence-electron chi connectivity index (χ2n) is 18.5. The van der Waals surface area contributed by atoms with Gasteiger partial charge in [-0.05, 0) is 124 Å². The molecule has 3 aromatic rings. The molecule has 0 atom stereocenters. The zero-order valence-electron chi connectivity index (χ0n) is 44.0. The molecule has 0 amide bonds. The highest BCUT2D eigenvalue weighted by Gasteiger charge is 2.34. The predicted molar refractivity (Wildman–Crippen MR) is 274 cm³/mol. The Balaban J connectivity index is 0.935. The fraction of sp³-hybridized carbons (Fsp3) is 0.448. The number of rotatable bonds is 28. The molecular formula is C58H66O20. The van der Waals surface area contributed by atoms with Gasteiger partial charge in [-0.25, -0.2) is 9.59 Å². The van der Waals surface area contributed by atoms with Crippen LogP contribution in [0, 0.1) is 37.5 Å². The summed E-state index contributed by atoms with van der Waals surface area (Å²) in [7, 11) is 0. The Labute approximate surface area is 452 Å². The van der Waals surface area contributed by atoms with Crippen LogP contribution in [0.3, 0.4) is 0 Å². The number of benzene rings is 3. The van der Waals surface area contributed by atoms with Gasteiger partial charge in [0.25, 0.3) is 0 Å². The van der Waals surface area contributed by atoms with Gasteiger partial charge in [-0.3, -0.25) is 38.4 Å². The molecule has 0 radical (unpaired) electrons. The Hall–Kier alpha value is -8.16. The Morgan fingerprint density at radius 1 is 0.385 bits per heavy atom. The monoisotopic (exact) mass is 1080 g/mol. The van der Waals surface area contributed by atoms with E-state index in [0.29, 0.717) is 98.3 Å². The van der Waals surface area contributed by atoms with Crippen molar-refractivity contribution in [3.63, 3.8) is 0 Å². The predicted octanol–water partition coefficient (Wildman–Crippen LogP) is 7.21. The van der Waals surface area contributed by atoms with Gasteiger partial charge >= 0.3 is 59.7 Å². The third-order valence-corrected chi connectivity index (χ3v) is 13.1. The molecule has 2 fully saturated rings. The number of hydrogen-bond donors (Lipinski definition) is 0. The second-order valence-corrected chi connectivity index (χ2v) is 18.5. The molecule has 0 bridgehead atoms. The maximum Gasteiger partial charge on any atom is 0.330 e. The van der Waals surface area contributed by atoms with Crippen LogP contribution < -0.4 is 18.9 Å². The van der Waals surface area contributed by atoms with E-state index in [1.54, 1.807) is 74.5 Å². The van der Waals surface area contributed by atoms with E-state index >= 15 is 0 Å². The van der Waals surface area contributed by atoms with Crippen molar-refractivity contribution < 1.29 is 95.3 Å². The van der Waals surface area contributed by atoms with E-state index < -0.39 is 83.4 Å². The average molecular weight is 1080 g/mol. The number of esters is 10. The quantitative estimate of drug-likeness (QED) is 0.0228. The van der Waals surface area contributed by atoms with Crippen LogP contribution in [0.4, 0.5) is 0 Å². The van der Waals surface area contributed by atoms with Crippen molar-refractivity contribution in [2.75, 3.05) is 39.6 Å². The summed E-state index contributed by atoms with van der Waals surface area (Å²) >= 11 is 0. The topological polar surface area (TPSA) is 263 Å². The van der Waals surface area contributed by atoms with Crippen molar-refractivity contribution in [2.24, 2.45) is 23.7 Å². The average Bonchev–Trinajstić information content (AvgIpc) is 3.48. The van der Waals surface area contributed by atoms with Crippen LogP contribution in [-0.4, -0.2) is 99.3 Å². The van der Waals surface area contributed by atoms with Crippen LogP contribution in [-0.2, 0) is 89.2 Å². The first-order valence-corrected chi connectivity index (χ1v) is 25.9. The van der Waals surface area contributed by atoms with Crippen LogP contribution in [0.2, 0.25) is 0 Å². The molecule has 2 saturated carbocycles. The number of hydrogen-bond acceptors (Lipinski definition) is 20. The lowest BCUT2D eigenvalue weighted by Gasteiger charge is -2.26. The van der Waals surface area contributed by atoms with Gasteiger partial charge in [-0.15, -0.1) is 0 Å². The minimum absolute atomic E-state index is 0.0766. The van der Waals surface area contributed by atoms with Crippen molar-refractivity contribution >= 4 is 59.7 Å². The van der Waals surface area contributed by atoms with E-state index in [-0.39, 0.29) is 65.3 Å². The van der Waals surface area contributed by atoms with E-state index in [4.69, 9.17) is 47.4 Å². The summed E-state index contributed by atoms with van der Waals surface area (Å²) in [6.45, 7) is 9.71. The molecule has 3 aromatic carbocycles. The molecule has 418 valence electrons. The van der Waals surface area contributed by atoms with Gasteiger partial charge in [0.1, 0.15) is 49.4 Å². The molecule has 0 saturated heterocycles. The maximum atomic E-state index is 13.3. The molecule has 0 aliphatic heterocycles. The molecule has 2 aliphatic carbocycles. The highest BCUT2D eigenvalue weighted by molar-refractivity contribution is 5.82. The van der Waals surface area contributed by atoms with Gasteiger partial charge in [0.05, 0.1) is 62.6 Å². The summed E-state index contributed by atoms with van der Waals surface area (Å²) < 4.78 is 52.5. The fourth-order valence-corrected chi connectivity index (χ4v) is 8.33. The van der Waals surface area contributed by atoms with E-state index in [1.807, 2.05) is 0 Å². The van der Waals surface area contributed by atoms with Gasteiger partial charge in [0, 0.05) is 25.0 Å². The number of carbonyl (C=O) groups is 10. The Morgan fingerprint density at radius 2 is 0.654 bits per heavy atom. The molecule has 0 aromatic heterocycles. The largest absolute Gasteiger partial charge is 0.465 e. The molecule has 20 nitrogen and oxygen atoms in total. The molecule has 0 N–H and O–H groups in total. The van der Waals surface area contributed by atoms with Gasteiger partial charge in [-0.2, -0.15) is 0 Å². The first-order valence-electron chi connectivity index (χ1n) is 25.9. The number of carbonyl (C=O) groups excluding carboxylic acids is 10. The third kappa shape index (κ3) is 20.8.